The average Bonchev–Trinajstić information content (AvgIpc) is 1.99. The summed E-state index contributed by atoms with van der Waals surface area (Å²) in [5.41, 5.74) is 0.0807. The van der Waals surface area contributed by atoms with Gasteiger partial charge in [0, 0.05) is 11.3 Å². The third-order valence-electron chi connectivity index (χ3n) is 2.03. The maximum absolute atomic E-state index is 5.86. The van der Waals surface area contributed by atoms with Crippen LogP contribution < -0.4 is 0 Å². The SMILES string of the molecule is CCC(C)(CCl)COC(C)(C)C. The maximum Gasteiger partial charge on any atom is 0.0598 e. The summed E-state index contributed by atoms with van der Waals surface area (Å²) in [6.07, 6.45) is 1.06. The number of alkyl halides is 1. The molecule has 2 heteroatoms. The van der Waals surface area contributed by atoms with Gasteiger partial charge in [-0.3, -0.25) is 0 Å². The minimum Gasteiger partial charge on any atom is -0.375 e. The van der Waals surface area contributed by atoms with E-state index in [1.54, 1.807) is 0 Å². The fourth-order valence-corrected chi connectivity index (χ4v) is 0.892. The molecular formula is C10H21ClO. The Bertz CT molecular complexity index is 122. The molecule has 12 heavy (non-hydrogen) atoms. The zero-order chi connectivity index (χ0) is 9.83. The van der Waals surface area contributed by atoms with Crippen molar-refractivity contribution < 1.29 is 4.74 Å². The Morgan fingerprint density at radius 1 is 1.17 bits per heavy atom. The zero-order valence-corrected chi connectivity index (χ0v) is 9.66. The lowest BCUT2D eigenvalue weighted by molar-refractivity contribution is -0.0427. The summed E-state index contributed by atoms with van der Waals surface area (Å²) in [6.45, 7) is 11.3. The third-order valence-corrected chi connectivity index (χ3v) is 2.68. The van der Waals surface area contributed by atoms with E-state index in [1.807, 2.05) is 0 Å². The lowest BCUT2D eigenvalue weighted by Crippen LogP contribution is -2.30. The molecule has 0 aliphatic carbocycles. The molecule has 0 aromatic heterocycles. The first-order valence-electron chi connectivity index (χ1n) is 4.53. The lowest BCUT2D eigenvalue weighted by atomic mass is 9.91. The van der Waals surface area contributed by atoms with Crippen LogP contribution in [-0.2, 0) is 4.74 Å². The highest BCUT2D eigenvalue weighted by Gasteiger charge is 2.24. The van der Waals surface area contributed by atoms with Gasteiger partial charge in [-0.1, -0.05) is 13.8 Å². The van der Waals surface area contributed by atoms with Crippen molar-refractivity contribution in [2.75, 3.05) is 12.5 Å². The average molecular weight is 193 g/mol. The summed E-state index contributed by atoms with van der Waals surface area (Å²) >= 11 is 5.86. The summed E-state index contributed by atoms with van der Waals surface area (Å²) < 4.78 is 5.69. The van der Waals surface area contributed by atoms with E-state index in [0.29, 0.717) is 5.88 Å². The van der Waals surface area contributed by atoms with Gasteiger partial charge in [0.1, 0.15) is 0 Å². The first kappa shape index (κ1) is 12.2. The van der Waals surface area contributed by atoms with Crippen molar-refractivity contribution in [2.24, 2.45) is 5.41 Å². The van der Waals surface area contributed by atoms with E-state index < -0.39 is 0 Å². The van der Waals surface area contributed by atoms with Gasteiger partial charge in [-0.2, -0.15) is 0 Å². The molecule has 0 bridgehead atoms. The van der Waals surface area contributed by atoms with Gasteiger partial charge in [-0.05, 0) is 27.2 Å². The minimum absolute atomic E-state index is 0.0531. The van der Waals surface area contributed by atoms with Crippen molar-refractivity contribution in [2.45, 2.75) is 46.6 Å². The molecule has 0 aliphatic rings. The number of rotatable bonds is 4. The topological polar surface area (TPSA) is 9.23 Å². The van der Waals surface area contributed by atoms with E-state index in [0.717, 1.165) is 13.0 Å². The Morgan fingerprint density at radius 3 is 1.92 bits per heavy atom. The van der Waals surface area contributed by atoms with Crippen LogP contribution >= 0.6 is 11.6 Å². The van der Waals surface area contributed by atoms with Crippen LogP contribution in [0.4, 0.5) is 0 Å². The Hall–Kier alpha value is 0.250. The summed E-state index contributed by atoms with van der Waals surface area (Å²) in [5.74, 6) is 0.666. The van der Waals surface area contributed by atoms with Crippen LogP contribution in [0.2, 0.25) is 0 Å². The molecular weight excluding hydrogens is 172 g/mol. The van der Waals surface area contributed by atoms with Crippen LogP contribution in [0.1, 0.15) is 41.0 Å². The molecule has 0 radical (unpaired) electrons. The lowest BCUT2D eigenvalue weighted by Gasteiger charge is -2.30. The second kappa shape index (κ2) is 4.48. The predicted octanol–water partition coefficient (Wildman–Crippen LogP) is 3.46. The molecule has 1 unspecified atom stereocenters. The highest BCUT2D eigenvalue weighted by Crippen LogP contribution is 2.25. The van der Waals surface area contributed by atoms with Gasteiger partial charge in [-0.15, -0.1) is 11.6 Å². The van der Waals surface area contributed by atoms with Crippen LogP contribution in [0.3, 0.4) is 0 Å². The second-order valence-corrected chi connectivity index (χ2v) is 4.97. The zero-order valence-electron chi connectivity index (χ0n) is 8.91. The number of halogens is 1. The van der Waals surface area contributed by atoms with E-state index >= 15 is 0 Å². The monoisotopic (exact) mass is 192 g/mol. The Balaban J connectivity index is 3.89. The molecule has 0 heterocycles. The smallest absolute Gasteiger partial charge is 0.0598 e. The van der Waals surface area contributed by atoms with Crippen molar-refractivity contribution in [1.29, 1.82) is 0 Å². The third kappa shape index (κ3) is 5.00. The van der Waals surface area contributed by atoms with Gasteiger partial charge in [0.25, 0.3) is 0 Å². The van der Waals surface area contributed by atoms with Crippen molar-refractivity contribution in [1.82, 2.24) is 0 Å². The number of ether oxygens (including phenoxy) is 1. The molecule has 0 spiro atoms. The Labute approximate surface area is 81.4 Å². The van der Waals surface area contributed by atoms with Crippen molar-refractivity contribution in [3.8, 4) is 0 Å². The standard InChI is InChI=1S/C10H21ClO/c1-6-10(5,7-11)8-12-9(2,3)4/h6-8H2,1-5H3. The molecule has 0 saturated carbocycles. The molecule has 0 aromatic carbocycles. The molecule has 0 fully saturated rings. The molecule has 1 atom stereocenters. The van der Waals surface area contributed by atoms with Gasteiger partial charge >= 0.3 is 0 Å². The molecule has 0 aromatic rings. The first-order valence-corrected chi connectivity index (χ1v) is 5.06. The van der Waals surface area contributed by atoms with Crippen molar-refractivity contribution >= 4 is 11.6 Å². The molecule has 74 valence electrons. The second-order valence-electron chi connectivity index (χ2n) is 4.70. The largest absolute Gasteiger partial charge is 0.375 e. The molecule has 0 N–H and O–H groups in total. The van der Waals surface area contributed by atoms with Crippen LogP contribution in [-0.4, -0.2) is 18.1 Å². The molecule has 1 nitrogen and oxygen atoms in total. The van der Waals surface area contributed by atoms with E-state index in [1.165, 1.54) is 0 Å². The maximum atomic E-state index is 5.86. The van der Waals surface area contributed by atoms with Crippen LogP contribution in [0, 0.1) is 5.41 Å². The fourth-order valence-electron chi connectivity index (χ4n) is 0.626. The summed E-state index contributed by atoms with van der Waals surface area (Å²) in [6, 6.07) is 0. The minimum atomic E-state index is -0.0531. The van der Waals surface area contributed by atoms with Crippen LogP contribution in [0.5, 0.6) is 0 Å². The quantitative estimate of drug-likeness (QED) is 0.620. The molecule has 0 saturated heterocycles. The van der Waals surface area contributed by atoms with Gasteiger partial charge < -0.3 is 4.74 Å². The fraction of sp³-hybridized carbons (Fsp3) is 1.00. The predicted molar refractivity (Wildman–Crippen MR) is 54.8 cm³/mol. The summed E-state index contributed by atoms with van der Waals surface area (Å²) in [7, 11) is 0. The Morgan fingerprint density at radius 2 is 1.67 bits per heavy atom. The Kier molecular flexibility index (Phi) is 4.57. The van der Waals surface area contributed by atoms with E-state index in [9.17, 15) is 0 Å². The summed E-state index contributed by atoms with van der Waals surface area (Å²) in [5, 5.41) is 0. The number of hydrogen-bond acceptors (Lipinski definition) is 1. The van der Waals surface area contributed by atoms with Crippen LogP contribution in [0.15, 0.2) is 0 Å². The normalized spacial score (nSPS) is 17.5. The first-order chi connectivity index (χ1) is 5.33. The van der Waals surface area contributed by atoms with Gasteiger partial charge in [0.05, 0.1) is 12.2 Å². The van der Waals surface area contributed by atoms with E-state index in [2.05, 4.69) is 34.6 Å². The van der Waals surface area contributed by atoms with E-state index in [4.69, 9.17) is 16.3 Å². The van der Waals surface area contributed by atoms with Crippen LogP contribution in [0.25, 0.3) is 0 Å². The van der Waals surface area contributed by atoms with Crippen molar-refractivity contribution in [3.05, 3.63) is 0 Å². The van der Waals surface area contributed by atoms with E-state index in [-0.39, 0.29) is 11.0 Å². The summed E-state index contributed by atoms with van der Waals surface area (Å²) in [4.78, 5) is 0. The molecule has 0 aliphatic heterocycles. The molecule has 0 amide bonds. The van der Waals surface area contributed by atoms with Gasteiger partial charge in [-0.25, -0.2) is 0 Å². The number of hydrogen-bond donors (Lipinski definition) is 0. The van der Waals surface area contributed by atoms with Crippen molar-refractivity contribution in [3.63, 3.8) is 0 Å². The van der Waals surface area contributed by atoms with Gasteiger partial charge in [0.15, 0.2) is 0 Å². The van der Waals surface area contributed by atoms with Gasteiger partial charge in [0.2, 0.25) is 0 Å². The highest BCUT2D eigenvalue weighted by atomic mass is 35.5. The molecule has 0 rings (SSSR count). The highest BCUT2D eigenvalue weighted by molar-refractivity contribution is 6.18.